The molecule has 1 heteroatoms. The predicted octanol–water partition coefficient (Wildman–Crippen LogP) is 14.7. The van der Waals surface area contributed by atoms with Crippen molar-refractivity contribution >= 4 is 43.1 Å². The number of ether oxygens (including phenoxy) is 1. The molecule has 1 aliphatic rings. The summed E-state index contributed by atoms with van der Waals surface area (Å²) in [7, 11) is 0. The van der Waals surface area contributed by atoms with E-state index in [1.807, 2.05) is 54.6 Å². The highest BCUT2D eigenvalue weighted by Gasteiger charge is 2.23. The zero-order valence-corrected chi connectivity index (χ0v) is 27.8. The quantitative estimate of drug-likeness (QED) is 0.132. The Hall–Kier alpha value is -6.96. The molecule has 0 radical (unpaired) electrons. The van der Waals surface area contributed by atoms with E-state index in [0.717, 1.165) is 10.9 Å². The molecule has 0 saturated carbocycles. The molecular weight excluding hydrogens is 641 g/mol. The molecule has 10 aromatic carbocycles. The van der Waals surface area contributed by atoms with Crippen molar-refractivity contribution in [1.29, 1.82) is 0 Å². The molecule has 1 heterocycles. The van der Waals surface area contributed by atoms with Crippen LogP contribution < -0.4 is 4.74 Å². The summed E-state index contributed by atoms with van der Waals surface area (Å²) in [6.45, 7) is 0. The van der Waals surface area contributed by atoms with E-state index < -0.39 is 36.3 Å². The molecule has 1 nitrogen and oxygen atoms in total. The monoisotopic (exact) mass is 686 g/mol. The molecule has 0 amide bonds. The molecule has 1 aliphatic heterocycles. The summed E-state index contributed by atoms with van der Waals surface area (Å²) in [4.78, 5) is 0. The van der Waals surface area contributed by atoms with Gasteiger partial charge in [-0.2, -0.15) is 0 Å². The third kappa shape index (κ3) is 4.64. The summed E-state index contributed by atoms with van der Waals surface area (Å²) < 4.78 is 130. The van der Waals surface area contributed by atoms with Crippen molar-refractivity contribution in [2.45, 2.75) is 0 Å². The van der Waals surface area contributed by atoms with Crippen LogP contribution in [0.25, 0.3) is 98.7 Å². The van der Waals surface area contributed by atoms with Crippen molar-refractivity contribution in [2.24, 2.45) is 0 Å². The van der Waals surface area contributed by atoms with Crippen LogP contribution in [0.2, 0.25) is 0 Å². The van der Waals surface area contributed by atoms with E-state index in [9.17, 15) is 5.48 Å². The van der Waals surface area contributed by atoms with Gasteiger partial charge in [0.25, 0.3) is 0 Å². The van der Waals surface area contributed by atoms with Crippen LogP contribution in [-0.2, 0) is 0 Å². The summed E-state index contributed by atoms with van der Waals surface area (Å²) >= 11 is 0. The average Bonchev–Trinajstić information content (AvgIpc) is 3.34. The van der Waals surface area contributed by atoms with Crippen LogP contribution in [0.5, 0.6) is 11.5 Å². The van der Waals surface area contributed by atoms with Gasteiger partial charge in [0.2, 0.25) is 0 Å². The Morgan fingerprint density at radius 2 is 0.981 bits per heavy atom. The number of fused-ring (bicyclic) bond motifs is 6. The summed E-state index contributed by atoms with van der Waals surface area (Å²) in [6, 6.07) is 26.9. The van der Waals surface area contributed by atoms with Gasteiger partial charge in [-0.15, -0.1) is 0 Å². The molecule has 0 N–H and O–H groups in total. The largest absolute Gasteiger partial charge is 0.456 e. The summed E-state index contributed by atoms with van der Waals surface area (Å²) in [6.07, 6.45) is 0. The molecule has 0 atom stereocenters. The Balaban J connectivity index is 1.14. The number of hydrogen-bond donors (Lipinski definition) is 0. The normalized spacial score (nSPS) is 15.6. The second kappa shape index (κ2) is 11.8. The summed E-state index contributed by atoms with van der Waals surface area (Å²) in [5.74, 6) is 0.840. The average molecular weight is 687 g/mol. The Labute approximate surface area is 327 Å². The maximum atomic E-state index is 9.73. The molecule has 0 spiro atoms. The Bertz CT molecular complexity index is 3810. The van der Waals surface area contributed by atoms with E-state index in [1.165, 1.54) is 0 Å². The van der Waals surface area contributed by atoms with Gasteiger partial charge >= 0.3 is 0 Å². The number of benzene rings is 10. The van der Waals surface area contributed by atoms with Crippen LogP contribution in [0.1, 0.15) is 19.2 Å². The van der Waals surface area contributed by atoms with E-state index in [1.54, 1.807) is 54.6 Å². The first-order valence-electron chi connectivity index (χ1n) is 24.1. The SMILES string of the molecule is [2H]c1c([2H])c([2H])c(-c2ccc3c(c2)Oc2ccc(-c4c([2H])c([2H])c(-c5c6ccccc6c(-c6c([2H])c([2H])c([2H])c([2H])c6[2H])c6c5ccc5ccccc56)c([2H])c4[2H])c4cccc-3c24)c([2H])c1[2H]. The lowest BCUT2D eigenvalue weighted by Crippen LogP contribution is -1.98. The van der Waals surface area contributed by atoms with Crippen molar-refractivity contribution in [3.63, 3.8) is 0 Å². The minimum absolute atomic E-state index is 0.00828. The summed E-state index contributed by atoms with van der Waals surface area (Å²) in [5, 5.41) is 4.85. The molecule has 53 heavy (non-hydrogen) atoms. The molecule has 0 aromatic heterocycles. The molecule has 0 bridgehead atoms. The molecular formula is C52H32O. The van der Waals surface area contributed by atoms with Crippen molar-refractivity contribution in [2.75, 3.05) is 0 Å². The zero-order chi connectivity index (χ0) is 47.1. The minimum atomic E-state index is -0.519. The van der Waals surface area contributed by atoms with E-state index in [0.29, 0.717) is 77.0 Å². The Kier molecular flexibility index (Phi) is 4.24. The van der Waals surface area contributed by atoms with Crippen LogP contribution in [0, 0.1) is 0 Å². The van der Waals surface area contributed by atoms with Gasteiger partial charge in [0.15, 0.2) is 0 Å². The van der Waals surface area contributed by atoms with Gasteiger partial charge in [-0.3, -0.25) is 0 Å². The molecule has 0 aliphatic carbocycles. The van der Waals surface area contributed by atoms with E-state index >= 15 is 0 Å². The lowest BCUT2D eigenvalue weighted by Gasteiger charge is -2.23. The van der Waals surface area contributed by atoms with Gasteiger partial charge in [-0.1, -0.05) is 176 Å². The molecule has 0 saturated heterocycles. The van der Waals surface area contributed by atoms with E-state index in [-0.39, 0.29) is 70.6 Å². The first-order valence-corrected chi connectivity index (χ1v) is 17.1. The standard InChI is InChI=1S/C52H32O/c1-3-12-33(13-4-1)38-27-28-41-43-21-11-20-42-39(30-31-47(51(42)43)53-48(41)32-38)35-22-24-37(25-23-35)49-44-18-9-10-19-45(44)50(36-15-5-2-6-16-36)52-40-17-8-7-14-34(40)26-29-46(49)52/h1-32H/i1D,2D,3D,4D,5D,6D,12D,13D,15D,16D,22D,23D,24D,25D. The van der Waals surface area contributed by atoms with Gasteiger partial charge in [0.05, 0.1) is 19.2 Å². The Morgan fingerprint density at radius 3 is 1.77 bits per heavy atom. The fraction of sp³-hybridized carbons (Fsp3) is 0. The van der Waals surface area contributed by atoms with Crippen molar-refractivity contribution in [3.05, 3.63) is 194 Å². The molecule has 10 aromatic rings. The van der Waals surface area contributed by atoms with Crippen molar-refractivity contribution < 1.29 is 23.9 Å². The van der Waals surface area contributed by atoms with Crippen molar-refractivity contribution in [3.8, 4) is 67.1 Å². The predicted molar refractivity (Wildman–Crippen MR) is 224 cm³/mol. The van der Waals surface area contributed by atoms with Crippen LogP contribution in [0.15, 0.2) is 194 Å². The van der Waals surface area contributed by atoms with Crippen molar-refractivity contribution in [1.82, 2.24) is 0 Å². The maximum absolute atomic E-state index is 9.73. The first-order chi connectivity index (χ1) is 32.1. The number of hydrogen-bond acceptors (Lipinski definition) is 1. The van der Waals surface area contributed by atoms with Gasteiger partial charge in [0, 0.05) is 10.9 Å². The molecule has 11 rings (SSSR count). The molecule has 246 valence electrons. The highest BCUT2D eigenvalue weighted by atomic mass is 16.5. The fourth-order valence-electron chi connectivity index (χ4n) is 7.82. The van der Waals surface area contributed by atoms with E-state index in [4.69, 9.17) is 18.4 Å². The van der Waals surface area contributed by atoms with Gasteiger partial charge in [0.1, 0.15) is 11.5 Å². The second-order valence-corrected chi connectivity index (χ2v) is 12.9. The van der Waals surface area contributed by atoms with Gasteiger partial charge < -0.3 is 4.74 Å². The summed E-state index contributed by atoms with van der Waals surface area (Å²) in [5.41, 5.74) is 3.19. The third-order valence-corrected chi connectivity index (χ3v) is 10.1. The molecule has 0 unspecified atom stereocenters. The maximum Gasteiger partial charge on any atom is 0.135 e. The van der Waals surface area contributed by atoms with E-state index in [2.05, 4.69) is 0 Å². The van der Waals surface area contributed by atoms with Gasteiger partial charge in [-0.05, 0) is 106 Å². The molecule has 0 fully saturated rings. The van der Waals surface area contributed by atoms with Crippen LogP contribution in [-0.4, -0.2) is 0 Å². The minimum Gasteiger partial charge on any atom is -0.456 e. The first kappa shape index (κ1) is 19.0. The second-order valence-electron chi connectivity index (χ2n) is 12.9. The van der Waals surface area contributed by atoms with Gasteiger partial charge in [-0.25, -0.2) is 0 Å². The van der Waals surface area contributed by atoms with Crippen LogP contribution in [0.4, 0.5) is 0 Å². The fourth-order valence-corrected chi connectivity index (χ4v) is 7.82. The third-order valence-electron chi connectivity index (χ3n) is 10.1. The Morgan fingerprint density at radius 1 is 0.340 bits per heavy atom. The van der Waals surface area contributed by atoms with Crippen LogP contribution >= 0.6 is 0 Å². The lowest BCUT2D eigenvalue weighted by atomic mass is 9.83. The highest BCUT2D eigenvalue weighted by molar-refractivity contribution is 6.28. The lowest BCUT2D eigenvalue weighted by molar-refractivity contribution is 0.487. The number of rotatable bonds is 4. The highest BCUT2D eigenvalue weighted by Crippen LogP contribution is 2.50. The zero-order valence-electron chi connectivity index (χ0n) is 41.8. The topological polar surface area (TPSA) is 9.23 Å². The smallest absolute Gasteiger partial charge is 0.135 e. The van der Waals surface area contributed by atoms with Crippen LogP contribution in [0.3, 0.4) is 0 Å².